The van der Waals surface area contributed by atoms with Crippen molar-refractivity contribution in [3.8, 4) is 6.07 Å². The van der Waals surface area contributed by atoms with Gasteiger partial charge in [0.25, 0.3) is 0 Å². The molecule has 2 rings (SSSR count). The molecule has 1 N–H and O–H groups in total. The maximum Gasteiger partial charge on any atom is 0.246 e. The Morgan fingerprint density at radius 1 is 1.38 bits per heavy atom. The first-order valence-corrected chi connectivity index (χ1v) is 4.63. The molecule has 1 aromatic rings. The van der Waals surface area contributed by atoms with Crippen molar-refractivity contribution in [2.24, 2.45) is 0 Å². The van der Waals surface area contributed by atoms with Gasteiger partial charge in [-0.05, 0) is 12.1 Å². The summed E-state index contributed by atoms with van der Waals surface area (Å²) in [6.45, 7) is 0.123. The lowest BCUT2D eigenvalue weighted by Crippen LogP contribution is -2.51. The summed E-state index contributed by atoms with van der Waals surface area (Å²) in [5.74, 6) is -0.743. The van der Waals surface area contributed by atoms with Crippen LogP contribution in [0.3, 0.4) is 0 Å². The Balaban J connectivity index is 2.33. The molecule has 6 heteroatoms. The van der Waals surface area contributed by atoms with Gasteiger partial charge in [0.2, 0.25) is 11.8 Å². The maximum absolute atomic E-state index is 11.2. The quantitative estimate of drug-likeness (QED) is 0.634. The number of piperazine rings is 1. The second kappa shape index (κ2) is 3.98. The second-order valence-corrected chi connectivity index (χ2v) is 3.31. The Hall–Kier alpha value is -2.42. The molecule has 0 unspecified atom stereocenters. The van der Waals surface area contributed by atoms with Crippen molar-refractivity contribution in [1.82, 2.24) is 10.3 Å². The van der Waals surface area contributed by atoms with Crippen LogP contribution in [0.5, 0.6) is 0 Å². The molecule has 1 aliphatic heterocycles. The molecule has 6 nitrogen and oxygen atoms in total. The molecule has 1 aliphatic rings. The van der Waals surface area contributed by atoms with Gasteiger partial charge >= 0.3 is 0 Å². The summed E-state index contributed by atoms with van der Waals surface area (Å²) in [4.78, 5) is 27.8. The normalized spacial score (nSPS) is 15.6. The molecule has 0 atom stereocenters. The van der Waals surface area contributed by atoms with E-state index < -0.39 is 0 Å². The third-order valence-electron chi connectivity index (χ3n) is 2.18. The monoisotopic (exact) mass is 216 g/mol. The van der Waals surface area contributed by atoms with Gasteiger partial charge in [-0.3, -0.25) is 14.9 Å². The van der Waals surface area contributed by atoms with E-state index in [1.54, 1.807) is 12.1 Å². The van der Waals surface area contributed by atoms with E-state index in [4.69, 9.17) is 5.26 Å². The van der Waals surface area contributed by atoms with E-state index in [9.17, 15) is 9.59 Å². The van der Waals surface area contributed by atoms with E-state index >= 15 is 0 Å². The second-order valence-electron chi connectivity index (χ2n) is 3.31. The highest BCUT2D eigenvalue weighted by Gasteiger charge is 2.24. The first kappa shape index (κ1) is 10.1. The molecule has 0 saturated carbocycles. The number of carbonyl (C=O) groups is 2. The number of nitriles is 1. The number of rotatable bonds is 1. The fourth-order valence-electron chi connectivity index (χ4n) is 1.55. The van der Waals surface area contributed by atoms with Gasteiger partial charge in [0.1, 0.15) is 6.07 Å². The standard InChI is InChI=1S/C10H8N4O2/c11-4-7-8(2-1-3-12-7)14-5-9(15)13-10(16)6-14/h1-3H,5-6H2,(H,13,15,16). The molecule has 2 amide bonds. The number of hydrogen-bond donors (Lipinski definition) is 1. The van der Waals surface area contributed by atoms with E-state index in [0.717, 1.165) is 0 Å². The van der Waals surface area contributed by atoms with Crippen LogP contribution in [-0.4, -0.2) is 29.9 Å². The van der Waals surface area contributed by atoms with Crippen molar-refractivity contribution in [1.29, 1.82) is 5.26 Å². The Kier molecular flexibility index (Phi) is 2.52. The Morgan fingerprint density at radius 3 is 2.69 bits per heavy atom. The maximum atomic E-state index is 11.2. The summed E-state index contributed by atoms with van der Waals surface area (Å²) in [7, 11) is 0. The van der Waals surface area contributed by atoms with Crippen LogP contribution in [0.1, 0.15) is 5.69 Å². The first-order valence-electron chi connectivity index (χ1n) is 4.63. The summed E-state index contributed by atoms with van der Waals surface area (Å²) < 4.78 is 0. The molecule has 0 radical (unpaired) electrons. The Bertz CT molecular complexity index is 476. The first-order chi connectivity index (χ1) is 7.70. The van der Waals surface area contributed by atoms with Gasteiger partial charge in [0, 0.05) is 6.20 Å². The zero-order valence-electron chi connectivity index (χ0n) is 8.30. The summed E-state index contributed by atoms with van der Waals surface area (Å²) in [5, 5.41) is 11.0. The molecule has 1 fully saturated rings. The molecule has 1 saturated heterocycles. The van der Waals surface area contributed by atoms with Crippen LogP contribution >= 0.6 is 0 Å². The zero-order valence-corrected chi connectivity index (χ0v) is 8.30. The molecule has 0 spiro atoms. The molecule has 16 heavy (non-hydrogen) atoms. The van der Waals surface area contributed by atoms with E-state index in [2.05, 4.69) is 10.3 Å². The summed E-state index contributed by atoms with van der Waals surface area (Å²) in [6.07, 6.45) is 1.49. The number of anilines is 1. The topological polar surface area (TPSA) is 86.1 Å². The predicted octanol–water partition coefficient (Wildman–Crippen LogP) is -0.584. The van der Waals surface area contributed by atoms with Crippen LogP contribution in [0.15, 0.2) is 18.3 Å². The van der Waals surface area contributed by atoms with Gasteiger partial charge in [-0.15, -0.1) is 0 Å². The minimum atomic E-state index is -0.371. The number of amides is 2. The average molecular weight is 216 g/mol. The molecule has 80 valence electrons. The lowest BCUT2D eigenvalue weighted by molar-refractivity contribution is -0.130. The van der Waals surface area contributed by atoms with Crippen LogP contribution in [0.4, 0.5) is 5.69 Å². The van der Waals surface area contributed by atoms with Crippen LogP contribution in [-0.2, 0) is 9.59 Å². The number of carbonyl (C=O) groups excluding carboxylic acids is 2. The highest BCUT2D eigenvalue weighted by atomic mass is 16.2. The SMILES string of the molecule is N#Cc1ncccc1N1CC(=O)NC(=O)C1. The third kappa shape index (κ3) is 1.83. The largest absolute Gasteiger partial charge is 0.351 e. The molecule has 0 aliphatic carbocycles. The van der Waals surface area contributed by atoms with Crippen molar-refractivity contribution in [2.75, 3.05) is 18.0 Å². The minimum Gasteiger partial charge on any atom is -0.351 e. The van der Waals surface area contributed by atoms with E-state index in [1.165, 1.54) is 11.1 Å². The number of nitrogens with one attached hydrogen (secondary N) is 1. The van der Waals surface area contributed by atoms with Gasteiger partial charge in [-0.25, -0.2) is 4.98 Å². The number of pyridine rings is 1. The Labute approximate surface area is 91.5 Å². The highest BCUT2D eigenvalue weighted by Crippen LogP contribution is 2.17. The molecule has 0 bridgehead atoms. The number of hydrogen-bond acceptors (Lipinski definition) is 5. The summed E-state index contributed by atoms with van der Waals surface area (Å²) in [6, 6.07) is 5.25. The van der Waals surface area contributed by atoms with Crippen LogP contribution < -0.4 is 10.2 Å². The molecule has 0 aromatic carbocycles. The van der Waals surface area contributed by atoms with Crippen LogP contribution in [0.2, 0.25) is 0 Å². The van der Waals surface area contributed by atoms with Gasteiger partial charge in [0.15, 0.2) is 5.69 Å². The summed E-state index contributed by atoms with van der Waals surface area (Å²) in [5.41, 5.74) is 0.721. The summed E-state index contributed by atoms with van der Waals surface area (Å²) >= 11 is 0. The molecular formula is C10H8N4O2. The van der Waals surface area contributed by atoms with Gasteiger partial charge in [-0.2, -0.15) is 5.26 Å². The fourth-order valence-corrected chi connectivity index (χ4v) is 1.55. The van der Waals surface area contributed by atoms with Crippen LogP contribution in [0, 0.1) is 11.3 Å². The van der Waals surface area contributed by atoms with Crippen LogP contribution in [0.25, 0.3) is 0 Å². The van der Waals surface area contributed by atoms with Crippen molar-refractivity contribution < 1.29 is 9.59 Å². The van der Waals surface area contributed by atoms with Gasteiger partial charge in [0.05, 0.1) is 18.8 Å². The lowest BCUT2D eigenvalue weighted by Gasteiger charge is -2.27. The third-order valence-corrected chi connectivity index (χ3v) is 2.18. The molecular weight excluding hydrogens is 208 g/mol. The van der Waals surface area contributed by atoms with E-state index in [1.807, 2.05) is 6.07 Å². The Morgan fingerprint density at radius 2 is 2.06 bits per heavy atom. The van der Waals surface area contributed by atoms with E-state index in [0.29, 0.717) is 5.69 Å². The molecule has 1 aromatic heterocycles. The minimum absolute atomic E-state index is 0.0616. The van der Waals surface area contributed by atoms with Crippen molar-refractivity contribution in [3.05, 3.63) is 24.0 Å². The van der Waals surface area contributed by atoms with E-state index in [-0.39, 0.29) is 30.6 Å². The van der Waals surface area contributed by atoms with Crippen molar-refractivity contribution >= 4 is 17.5 Å². The van der Waals surface area contributed by atoms with Gasteiger partial charge in [-0.1, -0.05) is 0 Å². The number of aromatic nitrogens is 1. The zero-order chi connectivity index (χ0) is 11.5. The average Bonchev–Trinajstić information content (AvgIpc) is 2.27. The smallest absolute Gasteiger partial charge is 0.246 e. The lowest BCUT2D eigenvalue weighted by atomic mass is 10.2. The van der Waals surface area contributed by atoms with Crippen molar-refractivity contribution in [3.63, 3.8) is 0 Å². The van der Waals surface area contributed by atoms with Crippen molar-refractivity contribution in [2.45, 2.75) is 0 Å². The van der Waals surface area contributed by atoms with Gasteiger partial charge < -0.3 is 4.90 Å². The number of imide groups is 1. The predicted molar refractivity (Wildman–Crippen MR) is 54.3 cm³/mol. The molecule has 2 heterocycles. The number of nitrogens with zero attached hydrogens (tertiary/aromatic N) is 3. The highest BCUT2D eigenvalue weighted by molar-refractivity contribution is 6.02. The fraction of sp³-hybridized carbons (Fsp3) is 0.200.